The highest BCUT2D eigenvalue weighted by molar-refractivity contribution is 5.35. The summed E-state index contributed by atoms with van der Waals surface area (Å²) in [6.07, 6.45) is 1.07. The first-order valence-corrected chi connectivity index (χ1v) is 5.27. The maximum Gasteiger partial charge on any atom is 0.0719 e. The van der Waals surface area contributed by atoms with Crippen molar-refractivity contribution < 1.29 is 4.74 Å². The molecule has 1 aliphatic rings. The van der Waals surface area contributed by atoms with Crippen LogP contribution in [0.4, 0.5) is 0 Å². The Bertz CT molecular complexity index is 334. The van der Waals surface area contributed by atoms with Gasteiger partial charge in [0.05, 0.1) is 13.2 Å². The Labute approximate surface area is 86.1 Å². The van der Waals surface area contributed by atoms with E-state index in [1.54, 1.807) is 0 Å². The van der Waals surface area contributed by atoms with Crippen LogP contribution < -0.4 is 0 Å². The van der Waals surface area contributed by atoms with E-state index >= 15 is 0 Å². The van der Waals surface area contributed by atoms with Gasteiger partial charge < -0.3 is 4.74 Å². The molecule has 0 unspecified atom stereocenters. The normalized spacial score (nSPS) is 16.5. The first kappa shape index (κ1) is 9.72. The minimum absolute atomic E-state index is 0.257. The zero-order chi connectivity index (χ0) is 10.2. The molecule has 76 valence electrons. The summed E-state index contributed by atoms with van der Waals surface area (Å²) in [6.45, 7) is 8.44. The fraction of sp³-hybridized carbons (Fsp3) is 0.538. The van der Waals surface area contributed by atoms with Gasteiger partial charge in [-0.05, 0) is 28.5 Å². The van der Waals surface area contributed by atoms with Crippen molar-refractivity contribution in [2.75, 3.05) is 6.61 Å². The number of hydrogen-bond acceptors (Lipinski definition) is 1. The van der Waals surface area contributed by atoms with Crippen LogP contribution in [0, 0.1) is 0 Å². The monoisotopic (exact) mass is 190 g/mol. The molecule has 1 heterocycles. The maximum absolute atomic E-state index is 5.42. The third kappa shape index (κ3) is 1.83. The minimum atomic E-state index is 0.257. The van der Waals surface area contributed by atoms with Crippen LogP contribution in [0.25, 0.3) is 0 Å². The summed E-state index contributed by atoms with van der Waals surface area (Å²) in [5, 5.41) is 0. The molecule has 1 aromatic carbocycles. The van der Waals surface area contributed by atoms with Crippen molar-refractivity contribution in [3.05, 3.63) is 34.9 Å². The molecule has 0 bridgehead atoms. The molecule has 14 heavy (non-hydrogen) atoms. The molecule has 0 aromatic heterocycles. The van der Waals surface area contributed by atoms with E-state index in [1.165, 1.54) is 16.7 Å². The lowest BCUT2D eigenvalue weighted by atomic mass is 9.84. The van der Waals surface area contributed by atoms with Gasteiger partial charge in [0, 0.05) is 0 Å². The van der Waals surface area contributed by atoms with E-state index in [-0.39, 0.29) is 5.41 Å². The first-order valence-electron chi connectivity index (χ1n) is 5.27. The van der Waals surface area contributed by atoms with Crippen molar-refractivity contribution in [3.63, 3.8) is 0 Å². The molecule has 0 saturated carbocycles. The SMILES string of the molecule is CC(C)(C)c1ccc2c(c1)CCOC2. The molecular formula is C13H18O. The highest BCUT2D eigenvalue weighted by atomic mass is 16.5. The minimum Gasteiger partial charge on any atom is -0.376 e. The van der Waals surface area contributed by atoms with Crippen LogP contribution in [0.5, 0.6) is 0 Å². The third-order valence-corrected chi connectivity index (χ3v) is 2.85. The lowest BCUT2D eigenvalue weighted by Crippen LogP contribution is -2.15. The average Bonchev–Trinajstić information content (AvgIpc) is 2.16. The van der Waals surface area contributed by atoms with Gasteiger partial charge in [-0.15, -0.1) is 0 Å². The molecule has 1 heteroatoms. The first-order chi connectivity index (χ1) is 6.57. The topological polar surface area (TPSA) is 9.23 Å². The van der Waals surface area contributed by atoms with Crippen molar-refractivity contribution in [1.29, 1.82) is 0 Å². The van der Waals surface area contributed by atoms with Crippen LogP contribution in [0.2, 0.25) is 0 Å². The molecular weight excluding hydrogens is 172 g/mol. The summed E-state index contributed by atoms with van der Waals surface area (Å²) in [4.78, 5) is 0. The van der Waals surface area contributed by atoms with Gasteiger partial charge in [-0.1, -0.05) is 39.0 Å². The number of benzene rings is 1. The zero-order valence-electron chi connectivity index (χ0n) is 9.26. The molecule has 2 rings (SSSR count). The zero-order valence-corrected chi connectivity index (χ0v) is 9.26. The summed E-state index contributed by atoms with van der Waals surface area (Å²) in [5.74, 6) is 0. The molecule has 0 aliphatic carbocycles. The van der Waals surface area contributed by atoms with Gasteiger partial charge in [0.25, 0.3) is 0 Å². The maximum atomic E-state index is 5.42. The van der Waals surface area contributed by atoms with E-state index in [0.717, 1.165) is 19.6 Å². The molecule has 0 fully saturated rings. The summed E-state index contributed by atoms with van der Waals surface area (Å²) in [7, 11) is 0. The molecule has 1 nitrogen and oxygen atoms in total. The van der Waals surface area contributed by atoms with Gasteiger partial charge >= 0.3 is 0 Å². The molecule has 1 aliphatic heterocycles. The predicted molar refractivity (Wildman–Crippen MR) is 58.5 cm³/mol. The quantitative estimate of drug-likeness (QED) is 0.611. The molecule has 1 aromatic rings. The number of ether oxygens (including phenoxy) is 1. The van der Waals surface area contributed by atoms with Crippen LogP contribution in [-0.4, -0.2) is 6.61 Å². The Morgan fingerprint density at radius 1 is 1.14 bits per heavy atom. The lowest BCUT2D eigenvalue weighted by molar-refractivity contribution is 0.110. The molecule has 0 atom stereocenters. The Balaban J connectivity index is 2.39. The van der Waals surface area contributed by atoms with E-state index in [2.05, 4.69) is 39.0 Å². The fourth-order valence-electron chi connectivity index (χ4n) is 1.83. The van der Waals surface area contributed by atoms with E-state index in [9.17, 15) is 0 Å². The average molecular weight is 190 g/mol. The van der Waals surface area contributed by atoms with Crippen LogP contribution in [0.3, 0.4) is 0 Å². The molecule has 0 radical (unpaired) electrons. The smallest absolute Gasteiger partial charge is 0.0719 e. The van der Waals surface area contributed by atoms with Gasteiger partial charge in [0.1, 0.15) is 0 Å². The summed E-state index contributed by atoms with van der Waals surface area (Å²) in [6, 6.07) is 6.79. The molecule has 0 saturated heterocycles. The van der Waals surface area contributed by atoms with Gasteiger partial charge in [0.15, 0.2) is 0 Å². The second-order valence-corrected chi connectivity index (χ2v) is 5.04. The van der Waals surface area contributed by atoms with Crippen molar-refractivity contribution in [2.45, 2.75) is 39.2 Å². The van der Waals surface area contributed by atoms with Gasteiger partial charge in [-0.3, -0.25) is 0 Å². The van der Waals surface area contributed by atoms with Crippen molar-refractivity contribution in [3.8, 4) is 0 Å². The fourth-order valence-corrected chi connectivity index (χ4v) is 1.83. The van der Waals surface area contributed by atoms with Crippen LogP contribution in [0.15, 0.2) is 18.2 Å². The molecule has 0 N–H and O–H groups in total. The largest absolute Gasteiger partial charge is 0.376 e. The Morgan fingerprint density at radius 3 is 2.64 bits per heavy atom. The van der Waals surface area contributed by atoms with Gasteiger partial charge in [0.2, 0.25) is 0 Å². The van der Waals surface area contributed by atoms with E-state index < -0.39 is 0 Å². The van der Waals surface area contributed by atoms with E-state index in [4.69, 9.17) is 4.74 Å². The molecule has 0 amide bonds. The second kappa shape index (κ2) is 3.39. The van der Waals surface area contributed by atoms with Crippen molar-refractivity contribution in [1.82, 2.24) is 0 Å². The summed E-state index contributed by atoms with van der Waals surface area (Å²) >= 11 is 0. The molecule has 0 spiro atoms. The lowest BCUT2D eigenvalue weighted by Gasteiger charge is -2.23. The van der Waals surface area contributed by atoms with Crippen molar-refractivity contribution in [2.24, 2.45) is 0 Å². The Kier molecular flexibility index (Phi) is 2.36. The Hall–Kier alpha value is -0.820. The van der Waals surface area contributed by atoms with Gasteiger partial charge in [-0.2, -0.15) is 0 Å². The van der Waals surface area contributed by atoms with Crippen LogP contribution in [0.1, 0.15) is 37.5 Å². The van der Waals surface area contributed by atoms with E-state index in [0.29, 0.717) is 0 Å². The number of fused-ring (bicyclic) bond motifs is 1. The predicted octanol–water partition coefficient (Wildman–Crippen LogP) is 3.06. The number of hydrogen-bond donors (Lipinski definition) is 0. The highest BCUT2D eigenvalue weighted by Crippen LogP contribution is 2.26. The van der Waals surface area contributed by atoms with Crippen molar-refractivity contribution >= 4 is 0 Å². The van der Waals surface area contributed by atoms with Gasteiger partial charge in [-0.25, -0.2) is 0 Å². The van der Waals surface area contributed by atoms with Crippen LogP contribution >= 0.6 is 0 Å². The Morgan fingerprint density at radius 2 is 1.93 bits per heavy atom. The summed E-state index contributed by atoms with van der Waals surface area (Å²) < 4.78 is 5.42. The summed E-state index contributed by atoms with van der Waals surface area (Å²) in [5.41, 5.74) is 4.53. The highest BCUT2D eigenvalue weighted by Gasteiger charge is 2.16. The van der Waals surface area contributed by atoms with E-state index in [1.807, 2.05) is 0 Å². The van der Waals surface area contributed by atoms with Crippen LogP contribution in [-0.2, 0) is 23.2 Å². The number of rotatable bonds is 0. The third-order valence-electron chi connectivity index (χ3n) is 2.85. The standard InChI is InChI=1S/C13H18O/c1-13(2,3)12-5-4-11-9-14-7-6-10(11)8-12/h4-5,8H,6-7,9H2,1-3H3. The second-order valence-electron chi connectivity index (χ2n) is 5.04.